The molecule has 0 aliphatic heterocycles. The Bertz CT molecular complexity index is 378. The number of hydrogen-bond acceptors (Lipinski definition) is 7. The van der Waals surface area contributed by atoms with E-state index < -0.39 is 0 Å². The first kappa shape index (κ1) is 15.4. The van der Waals surface area contributed by atoms with Crippen molar-refractivity contribution in [2.75, 3.05) is 41.9 Å². The van der Waals surface area contributed by atoms with Crippen LogP contribution >= 0.6 is 0 Å². The summed E-state index contributed by atoms with van der Waals surface area (Å²) in [5, 5.41) is 0. The molecule has 0 fully saturated rings. The van der Waals surface area contributed by atoms with Crippen LogP contribution < -0.4 is 21.1 Å². The smallest absolute Gasteiger partial charge is 0.243 e. The highest BCUT2D eigenvalue weighted by molar-refractivity contribution is 5.44. The van der Waals surface area contributed by atoms with Crippen LogP contribution in [0.1, 0.15) is 33.6 Å². The lowest BCUT2D eigenvalue weighted by Gasteiger charge is -2.22. The fourth-order valence-electron chi connectivity index (χ4n) is 1.73. The number of anilines is 3. The van der Waals surface area contributed by atoms with E-state index >= 15 is 0 Å². The van der Waals surface area contributed by atoms with E-state index in [-0.39, 0.29) is 0 Å². The highest BCUT2D eigenvalue weighted by Gasteiger charge is 2.13. The largest absolute Gasteiger partial charge is 0.344 e. The molecule has 0 bridgehead atoms. The number of hydrazine groups is 1. The van der Waals surface area contributed by atoms with Gasteiger partial charge in [0.25, 0.3) is 0 Å². The second kappa shape index (κ2) is 7.73. The second-order valence-corrected chi connectivity index (χ2v) is 4.35. The van der Waals surface area contributed by atoms with Crippen LogP contribution in [0.15, 0.2) is 0 Å². The Morgan fingerprint density at radius 3 is 2.21 bits per heavy atom. The van der Waals surface area contributed by atoms with Gasteiger partial charge in [0.2, 0.25) is 17.8 Å². The topological polar surface area (TPSA) is 83.2 Å². The molecule has 0 unspecified atom stereocenters. The van der Waals surface area contributed by atoms with E-state index in [1.807, 2.05) is 11.9 Å². The fraction of sp³-hybridized carbons (Fsp3) is 0.750. The predicted octanol–water partition coefficient (Wildman–Crippen LogP) is 1.24. The Labute approximate surface area is 115 Å². The van der Waals surface area contributed by atoms with Gasteiger partial charge in [-0.05, 0) is 20.3 Å². The minimum Gasteiger partial charge on any atom is -0.344 e. The molecule has 0 radical (unpaired) electrons. The van der Waals surface area contributed by atoms with Gasteiger partial charge in [0.05, 0.1) is 0 Å². The van der Waals surface area contributed by atoms with E-state index in [1.54, 1.807) is 0 Å². The Hall–Kier alpha value is -1.63. The summed E-state index contributed by atoms with van der Waals surface area (Å²) in [7, 11) is 1.98. The fourth-order valence-corrected chi connectivity index (χ4v) is 1.73. The van der Waals surface area contributed by atoms with Gasteiger partial charge in [-0.2, -0.15) is 15.0 Å². The van der Waals surface area contributed by atoms with Crippen molar-refractivity contribution >= 4 is 17.8 Å². The molecule has 0 aliphatic rings. The molecule has 1 aromatic rings. The molecule has 7 heteroatoms. The Morgan fingerprint density at radius 2 is 1.68 bits per heavy atom. The summed E-state index contributed by atoms with van der Waals surface area (Å²) >= 11 is 0. The molecule has 0 atom stereocenters. The zero-order chi connectivity index (χ0) is 14.3. The Kier molecular flexibility index (Phi) is 6.27. The molecule has 1 rings (SSSR count). The van der Waals surface area contributed by atoms with Crippen molar-refractivity contribution in [3.05, 3.63) is 0 Å². The van der Waals surface area contributed by atoms with Crippen LogP contribution in [0.25, 0.3) is 0 Å². The molecular weight excluding hydrogens is 242 g/mol. The van der Waals surface area contributed by atoms with Crippen LogP contribution in [0.5, 0.6) is 0 Å². The Balaban J connectivity index is 3.00. The van der Waals surface area contributed by atoms with Crippen LogP contribution in [0.4, 0.5) is 17.8 Å². The molecule has 0 amide bonds. The van der Waals surface area contributed by atoms with Crippen molar-refractivity contribution in [1.29, 1.82) is 0 Å². The molecule has 0 saturated carbocycles. The summed E-state index contributed by atoms with van der Waals surface area (Å²) in [5.74, 6) is 7.14. The van der Waals surface area contributed by atoms with Crippen LogP contribution in [-0.4, -0.2) is 41.6 Å². The summed E-state index contributed by atoms with van der Waals surface area (Å²) in [4.78, 5) is 17.2. The molecule has 1 aromatic heterocycles. The summed E-state index contributed by atoms with van der Waals surface area (Å²) < 4.78 is 0. The maximum absolute atomic E-state index is 5.43. The highest BCUT2D eigenvalue weighted by atomic mass is 15.4. The third-order valence-electron chi connectivity index (χ3n) is 2.98. The van der Waals surface area contributed by atoms with Crippen molar-refractivity contribution < 1.29 is 0 Å². The SMILES string of the molecule is CCCCN(C)c1nc(NN)nc(N(CC)CC)n1. The summed E-state index contributed by atoms with van der Waals surface area (Å²) in [6.45, 7) is 8.93. The first-order chi connectivity index (χ1) is 9.15. The molecule has 0 aromatic carbocycles. The lowest BCUT2D eigenvalue weighted by atomic mass is 10.3. The predicted molar refractivity (Wildman–Crippen MR) is 79.4 cm³/mol. The van der Waals surface area contributed by atoms with Crippen LogP contribution in [0.3, 0.4) is 0 Å². The number of rotatable bonds is 8. The third kappa shape index (κ3) is 4.20. The van der Waals surface area contributed by atoms with E-state index in [4.69, 9.17) is 5.84 Å². The minimum atomic E-state index is 0.398. The lowest BCUT2D eigenvalue weighted by Crippen LogP contribution is -2.28. The second-order valence-electron chi connectivity index (χ2n) is 4.35. The van der Waals surface area contributed by atoms with Crippen LogP contribution in [0, 0.1) is 0 Å². The van der Waals surface area contributed by atoms with Crippen LogP contribution in [-0.2, 0) is 0 Å². The molecule has 108 valence electrons. The molecule has 0 aliphatic carbocycles. The minimum absolute atomic E-state index is 0.398. The maximum atomic E-state index is 5.43. The van der Waals surface area contributed by atoms with Gasteiger partial charge in [0.1, 0.15) is 0 Å². The van der Waals surface area contributed by atoms with Gasteiger partial charge in [-0.3, -0.25) is 5.43 Å². The third-order valence-corrected chi connectivity index (χ3v) is 2.98. The van der Waals surface area contributed by atoms with Crippen molar-refractivity contribution in [2.45, 2.75) is 33.6 Å². The van der Waals surface area contributed by atoms with E-state index in [1.165, 1.54) is 0 Å². The first-order valence-electron chi connectivity index (χ1n) is 6.84. The van der Waals surface area contributed by atoms with Crippen molar-refractivity contribution in [3.63, 3.8) is 0 Å². The van der Waals surface area contributed by atoms with Gasteiger partial charge >= 0.3 is 0 Å². The highest BCUT2D eigenvalue weighted by Crippen LogP contribution is 2.15. The zero-order valence-electron chi connectivity index (χ0n) is 12.3. The van der Waals surface area contributed by atoms with Gasteiger partial charge in [0.15, 0.2) is 0 Å². The monoisotopic (exact) mass is 267 g/mol. The zero-order valence-corrected chi connectivity index (χ0v) is 12.3. The molecule has 0 spiro atoms. The molecule has 0 saturated heterocycles. The van der Waals surface area contributed by atoms with Gasteiger partial charge in [-0.15, -0.1) is 0 Å². The number of nitrogens with zero attached hydrogens (tertiary/aromatic N) is 5. The molecular formula is C12H25N7. The number of nitrogens with two attached hydrogens (primary N) is 1. The molecule has 1 heterocycles. The van der Waals surface area contributed by atoms with Crippen molar-refractivity contribution in [1.82, 2.24) is 15.0 Å². The van der Waals surface area contributed by atoms with Gasteiger partial charge in [-0.25, -0.2) is 5.84 Å². The number of nitrogen functional groups attached to an aromatic ring is 1. The van der Waals surface area contributed by atoms with E-state index in [9.17, 15) is 0 Å². The molecule has 19 heavy (non-hydrogen) atoms. The van der Waals surface area contributed by atoms with Gasteiger partial charge < -0.3 is 9.80 Å². The van der Waals surface area contributed by atoms with E-state index in [0.717, 1.165) is 32.5 Å². The number of hydrogen-bond donors (Lipinski definition) is 2. The van der Waals surface area contributed by atoms with E-state index in [0.29, 0.717) is 17.8 Å². The molecule has 7 nitrogen and oxygen atoms in total. The normalized spacial score (nSPS) is 10.4. The Morgan fingerprint density at radius 1 is 1.05 bits per heavy atom. The first-order valence-corrected chi connectivity index (χ1v) is 6.84. The quantitative estimate of drug-likeness (QED) is 0.541. The maximum Gasteiger partial charge on any atom is 0.243 e. The van der Waals surface area contributed by atoms with Gasteiger partial charge in [0, 0.05) is 26.7 Å². The number of nitrogens with one attached hydrogen (secondary N) is 1. The van der Waals surface area contributed by atoms with Crippen molar-refractivity contribution in [2.24, 2.45) is 5.84 Å². The summed E-state index contributed by atoms with van der Waals surface area (Å²) in [6.07, 6.45) is 2.24. The van der Waals surface area contributed by atoms with Crippen LogP contribution in [0.2, 0.25) is 0 Å². The number of aromatic nitrogens is 3. The average Bonchev–Trinajstić information content (AvgIpc) is 2.45. The summed E-state index contributed by atoms with van der Waals surface area (Å²) in [6, 6.07) is 0. The van der Waals surface area contributed by atoms with E-state index in [2.05, 4.69) is 46.0 Å². The lowest BCUT2D eigenvalue weighted by molar-refractivity contribution is 0.740. The van der Waals surface area contributed by atoms with Crippen molar-refractivity contribution in [3.8, 4) is 0 Å². The standard InChI is InChI=1S/C12H25N7/c1-5-8-9-18(4)11-14-10(17-13)15-12(16-11)19(6-2)7-3/h5-9,13H2,1-4H3,(H,14,15,16,17). The summed E-state index contributed by atoms with van der Waals surface area (Å²) in [5.41, 5.74) is 2.51. The number of unbranched alkanes of at least 4 members (excludes halogenated alkanes) is 1. The average molecular weight is 267 g/mol. The molecule has 3 N–H and O–H groups in total. The van der Waals surface area contributed by atoms with Gasteiger partial charge in [-0.1, -0.05) is 13.3 Å².